The molecular formula is C14H26N4O2S. The monoisotopic (exact) mass is 314 g/mol. The fourth-order valence-electron chi connectivity index (χ4n) is 2.40. The number of aryl methyl sites for hydroxylation is 1. The molecular weight excluding hydrogens is 288 g/mol. The van der Waals surface area contributed by atoms with Gasteiger partial charge >= 0.3 is 5.69 Å². The van der Waals surface area contributed by atoms with Crippen molar-refractivity contribution in [1.29, 1.82) is 0 Å². The van der Waals surface area contributed by atoms with E-state index in [4.69, 9.17) is 0 Å². The van der Waals surface area contributed by atoms with Gasteiger partial charge in [0.05, 0.1) is 4.92 Å². The molecule has 0 saturated carbocycles. The van der Waals surface area contributed by atoms with E-state index in [2.05, 4.69) is 30.5 Å². The first kappa shape index (κ1) is 17.8. The number of nitro groups is 1. The molecule has 7 heteroatoms. The van der Waals surface area contributed by atoms with Gasteiger partial charge in [-0.3, -0.25) is 10.1 Å². The van der Waals surface area contributed by atoms with Gasteiger partial charge in [-0.05, 0) is 39.9 Å². The molecule has 1 heterocycles. The summed E-state index contributed by atoms with van der Waals surface area (Å²) in [7, 11) is 0. The Labute approximate surface area is 130 Å². The summed E-state index contributed by atoms with van der Waals surface area (Å²) in [5.41, 5.74) is 0.546. The zero-order chi connectivity index (χ0) is 16.2. The van der Waals surface area contributed by atoms with Gasteiger partial charge < -0.3 is 5.32 Å². The number of nitrogens with zero attached hydrogens (tertiary/aromatic N) is 3. The highest BCUT2D eigenvalue weighted by Crippen LogP contribution is 2.34. The molecule has 0 fully saturated rings. The van der Waals surface area contributed by atoms with E-state index in [9.17, 15) is 10.1 Å². The SMILES string of the molecule is CCC(CC)(CNc1c([N+](=O)[O-])c(C)nn1C(C)C)SC. The van der Waals surface area contributed by atoms with E-state index in [1.54, 1.807) is 11.6 Å². The molecule has 0 bridgehead atoms. The summed E-state index contributed by atoms with van der Waals surface area (Å²) in [4.78, 5) is 11.0. The molecule has 0 aliphatic carbocycles. The number of thioether (sulfide) groups is 1. The molecule has 1 aromatic rings. The van der Waals surface area contributed by atoms with E-state index < -0.39 is 0 Å². The van der Waals surface area contributed by atoms with Gasteiger partial charge in [-0.25, -0.2) is 4.68 Å². The lowest BCUT2D eigenvalue weighted by Crippen LogP contribution is -2.32. The third kappa shape index (κ3) is 3.70. The second-order valence-corrected chi connectivity index (χ2v) is 6.80. The molecule has 0 spiro atoms. The van der Waals surface area contributed by atoms with Gasteiger partial charge in [-0.15, -0.1) is 0 Å². The summed E-state index contributed by atoms with van der Waals surface area (Å²) in [6.07, 6.45) is 4.12. The first-order valence-corrected chi connectivity index (χ1v) is 8.56. The van der Waals surface area contributed by atoms with Crippen LogP contribution in [0.1, 0.15) is 52.3 Å². The Morgan fingerprint density at radius 3 is 2.38 bits per heavy atom. The van der Waals surface area contributed by atoms with Crippen LogP contribution >= 0.6 is 11.8 Å². The Balaban J connectivity index is 3.14. The lowest BCUT2D eigenvalue weighted by Gasteiger charge is -2.30. The summed E-state index contributed by atoms with van der Waals surface area (Å²) in [5.74, 6) is 0.521. The number of nitrogens with one attached hydrogen (secondary N) is 1. The molecule has 0 radical (unpaired) electrons. The molecule has 0 saturated heterocycles. The number of rotatable bonds is 8. The number of aromatic nitrogens is 2. The molecule has 0 unspecified atom stereocenters. The van der Waals surface area contributed by atoms with Crippen LogP contribution < -0.4 is 5.32 Å². The summed E-state index contributed by atoms with van der Waals surface area (Å²) in [5, 5.41) is 18.9. The van der Waals surface area contributed by atoms with Crippen molar-refractivity contribution in [2.75, 3.05) is 18.1 Å². The predicted molar refractivity (Wildman–Crippen MR) is 89.3 cm³/mol. The fraction of sp³-hybridized carbons (Fsp3) is 0.786. The Morgan fingerprint density at radius 1 is 1.43 bits per heavy atom. The molecule has 120 valence electrons. The smallest absolute Gasteiger partial charge is 0.333 e. The molecule has 0 atom stereocenters. The first-order valence-electron chi connectivity index (χ1n) is 7.34. The summed E-state index contributed by atoms with van der Waals surface area (Å²) < 4.78 is 1.80. The van der Waals surface area contributed by atoms with Crippen molar-refractivity contribution in [3.8, 4) is 0 Å². The molecule has 0 aliphatic rings. The molecule has 0 aromatic carbocycles. The second kappa shape index (κ2) is 7.15. The third-order valence-corrected chi connectivity index (χ3v) is 5.61. The average Bonchev–Trinajstić information content (AvgIpc) is 2.78. The first-order chi connectivity index (χ1) is 9.81. The van der Waals surface area contributed by atoms with Crippen LogP contribution in [0.15, 0.2) is 0 Å². The van der Waals surface area contributed by atoms with Crippen LogP contribution in [0.2, 0.25) is 0 Å². The van der Waals surface area contributed by atoms with Crippen molar-refractivity contribution < 1.29 is 4.92 Å². The number of hydrogen-bond acceptors (Lipinski definition) is 5. The highest BCUT2D eigenvalue weighted by molar-refractivity contribution is 8.00. The largest absolute Gasteiger partial charge is 0.363 e. The minimum Gasteiger partial charge on any atom is -0.363 e. The van der Waals surface area contributed by atoms with Gasteiger partial charge in [0.2, 0.25) is 5.82 Å². The number of hydrogen-bond donors (Lipinski definition) is 1. The lowest BCUT2D eigenvalue weighted by atomic mass is 10.0. The van der Waals surface area contributed by atoms with E-state index in [1.807, 2.05) is 25.6 Å². The summed E-state index contributed by atoms with van der Waals surface area (Å²) in [6, 6.07) is 0.0758. The fourth-order valence-corrected chi connectivity index (χ4v) is 3.20. The molecule has 6 nitrogen and oxygen atoms in total. The minimum atomic E-state index is -0.345. The van der Waals surface area contributed by atoms with Gasteiger partial charge in [-0.2, -0.15) is 16.9 Å². The maximum Gasteiger partial charge on any atom is 0.333 e. The Morgan fingerprint density at radius 2 is 2.00 bits per heavy atom. The second-order valence-electron chi connectivity index (χ2n) is 5.53. The zero-order valence-corrected chi connectivity index (χ0v) is 14.6. The van der Waals surface area contributed by atoms with E-state index in [1.165, 1.54) is 0 Å². The summed E-state index contributed by atoms with van der Waals surface area (Å²) >= 11 is 1.81. The van der Waals surface area contributed by atoms with Crippen LogP contribution in [0.5, 0.6) is 0 Å². The average molecular weight is 314 g/mol. The van der Waals surface area contributed by atoms with E-state index >= 15 is 0 Å². The molecule has 21 heavy (non-hydrogen) atoms. The maximum atomic E-state index is 11.3. The van der Waals surface area contributed by atoms with E-state index in [-0.39, 0.29) is 21.4 Å². The van der Waals surface area contributed by atoms with Crippen molar-refractivity contribution in [3.63, 3.8) is 0 Å². The molecule has 1 rings (SSSR count). The van der Waals surface area contributed by atoms with Crippen LogP contribution in [0.25, 0.3) is 0 Å². The van der Waals surface area contributed by atoms with Gasteiger partial charge in [0, 0.05) is 17.3 Å². The van der Waals surface area contributed by atoms with Crippen molar-refractivity contribution in [1.82, 2.24) is 9.78 Å². The molecule has 0 aliphatic heterocycles. The number of anilines is 1. The topological polar surface area (TPSA) is 73.0 Å². The van der Waals surface area contributed by atoms with E-state index in [0.29, 0.717) is 18.1 Å². The van der Waals surface area contributed by atoms with Gasteiger partial charge in [0.15, 0.2) is 0 Å². The highest BCUT2D eigenvalue weighted by atomic mass is 32.2. The third-order valence-electron chi connectivity index (χ3n) is 4.03. The van der Waals surface area contributed by atoms with Crippen molar-refractivity contribution in [2.45, 2.75) is 58.2 Å². The van der Waals surface area contributed by atoms with Gasteiger partial charge in [0.1, 0.15) is 5.69 Å². The Kier molecular flexibility index (Phi) is 6.07. The van der Waals surface area contributed by atoms with Gasteiger partial charge in [0.25, 0.3) is 0 Å². The molecule has 0 amide bonds. The standard InChI is InChI=1S/C14H26N4O2S/c1-7-14(8-2,21-6)9-15-13-12(18(19)20)11(5)16-17(13)10(3)4/h10,15H,7-9H2,1-6H3. The van der Waals surface area contributed by atoms with Crippen molar-refractivity contribution in [3.05, 3.63) is 15.8 Å². The van der Waals surface area contributed by atoms with Crippen molar-refractivity contribution in [2.24, 2.45) is 0 Å². The minimum absolute atomic E-state index is 0.0758. The maximum absolute atomic E-state index is 11.3. The van der Waals surface area contributed by atoms with Crippen LogP contribution in [0.3, 0.4) is 0 Å². The molecule has 1 N–H and O–H groups in total. The Hall–Kier alpha value is -1.24. The zero-order valence-electron chi connectivity index (χ0n) is 13.8. The highest BCUT2D eigenvalue weighted by Gasteiger charge is 2.30. The van der Waals surface area contributed by atoms with E-state index in [0.717, 1.165) is 12.8 Å². The van der Waals surface area contributed by atoms with Crippen LogP contribution in [-0.2, 0) is 0 Å². The Bertz CT molecular complexity index is 487. The summed E-state index contributed by atoms with van der Waals surface area (Å²) in [6.45, 7) is 10.6. The van der Waals surface area contributed by atoms with Crippen molar-refractivity contribution >= 4 is 23.3 Å². The van der Waals surface area contributed by atoms with Gasteiger partial charge in [-0.1, -0.05) is 13.8 Å². The van der Waals surface area contributed by atoms with Crippen LogP contribution in [0.4, 0.5) is 11.5 Å². The quantitative estimate of drug-likeness (QED) is 0.579. The van der Waals surface area contributed by atoms with Crippen LogP contribution in [-0.4, -0.2) is 32.3 Å². The lowest BCUT2D eigenvalue weighted by molar-refractivity contribution is -0.384. The molecule has 1 aromatic heterocycles. The normalized spacial score (nSPS) is 12.0. The van der Waals surface area contributed by atoms with Crippen LogP contribution in [0, 0.1) is 17.0 Å². The predicted octanol–water partition coefficient (Wildman–Crippen LogP) is 4.01.